The normalized spacial score (nSPS) is 14.9. The van der Waals surface area contributed by atoms with Crippen molar-refractivity contribution in [3.8, 4) is 11.1 Å². The molecule has 0 unspecified atom stereocenters. The Labute approximate surface area is 119 Å². The van der Waals surface area contributed by atoms with Gasteiger partial charge < -0.3 is 0 Å². The van der Waals surface area contributed by atoms with Crippen molar-refractivity contribution >= 4 is 5.78 Å². The standard InChI is InChI=1S/C19H16O/c1-2-3-12-4-5-13-11-14-6-7-15-16(8-9-18(15)20)19(14)17(13)10-12/h2,4-7,10H,1,3,8-9,11H2. The first-order valence-corrected chi connectivity index (χ1v) is 7.19. The summed E-state index contributed by atoms with van der Waals surface area (Å²) >= 11 is 0. The molecule has 2 aliphatic carbocycles. The van der Waals surface area contributed by atoms with Crippen LogP contribution in [0.4, 0.5) is 0 Å². The monoisotopic (exact) mass is 260 g/mol. The van der Waals surface area contributed by atoms with Crippen LogP contribution in [-0.4, -0.2) is 5.78 Å². The minimum absolute atomic E-state index is 0.304. The minimum atomic E-state index is 0.304. The average Bonchev–Trinajstić information content (AvgIpc) is 3.00. The van der Waals surface area contributed by atoms with Gasteiger partial charge in [0.1, 0.15) is 0 Å². The molecule has 2 aromatic carbocycles. The largest absolute Gasteiger partial charge is 0.294 e. The molecular weight excluding hydrogens is 244 g/mol. The molecule has 0 bridgehead atoms. The van der Waals surface area contributed by atoms with Crippen LogP contribution in [0.2, 0.25) is 0 Å². The topological polar surface area (TPSA) is 17.1 Å². The molecule has 0 fully saturated rings. The number of ketones is 1. The van der Waals surface area contributed by atoms with Crippen molar-refractivity contribution in [1.29, 1.82) is 0 Å². The van der Waals surface area contributed by atoms with Gasteiger partial charge in [0.25, 0.3) is 0 Å². The number of Topliss-reactive ketones (excluding diaryl/α,β-unsaturated/α-hetero) is 1. The molecule has 0 radical (unpaired) electrons. The molecule has 0 heterocycles. The highest BCUT2D eigenvalue weighted by atomic mass is 16.1. The molecule has 0 N–H and O–H groups in total. The second-order valence-corrected chi connectivity index (χ2v) is 5.71. The van der Waals surface area contributed by atoms with E-state index in [-0.39, 0.29) is 0 Å². The van der Waals surface area contributed by atoms with E-state index in [2.05, 4.69) is 30.8 Å². The van der Waals surface area contributed by atoms with Gasteiger partial charge in [0.05, 0.1) is 0 Å². The SMILES string of the molecule is C=CCc1ccc2c(c1)-c1c(ccc3c1CCC3=O)C2. The lowest BCUT2D eigenvalue weighted by molar-refractivity contribution is 0.0994. The highest BCUT2D eigenvalue weighted by Crippen LogP contribution is 2.43. The van der Waals surface area contributed by atoms with E-state index in [1.165, 1.54) is 33.4 Å². The minimum Gasteiger partial charge on any atom is -0.294 e. The third-order valence-corrected chi connectivity index (χ3v) is 4.51. The number of fused-ring (bicyclic) bond motifs is 5. The van der Waals surface area contributed by atoms with Crippen LogP contribution in [0, 0.1) is 0 Å². The number of carbonyl (C=O) groups excluding carboxylic acids is 1. The molecule has 20 heavy (non-hydrogen) atoms. The molecule has 0 saturated carbocycles. The van der Waals surface area contributed by atoms with Crippen LogP contribution in [-0.2, 0) is 19.3 Å². The maximum atomic E-state index is 11.9. The Morgan fingerprint density at radius 3 is 2.75 bits per heavy atom. The van der Waals surface area contributed by atoms with E-state index >= 15 is 0 Å². The van der Waals surface area contributed by atoms with Gasteiger partial charge in [0.2, 0.25) is 0 Å². The number of hydrogen-bond acceptors (Lipinski definition) is 1. The Bertz CT molecular complexity index is 753. The molecule has 0 aliphatic heterocycles. The predicted molar refractivity (Wildman–Crippen MR) is 81.2 cm³/mol. The van der Waals surface area contributed by atoms with Crippen molar-refractivity contribution in [1.82, 2.24) is 0 Å². The maximum absolute atomic E-state index is 11.9. The quantitative estimate of drug-likeness (QED) is 0.634. The molecule has 98 valence electrons. The van der Waals surface area contributed by atoms with E-state index in [1.54, 1.807) is 0 Å². The molecular formula is C19H16O. The second kappa shape index (κ2) is 4.17. The number of carbonyl (C=O) groups is 1. The van der Waals surface area contributed by atoms with Gasteiger partial charge in [-0.1, -0.05) is 36.4 Å². The molecule has 2 aromatic rings. The van der Waals surface area contributed by atoms with Crippen molar-refractivity contribution in [2.24, 2.45) is 0 Å². The average molecular weight is 260 g/mol. The molecule has 1 heteroatoms. The van der Waals surface area contributed by atoms with Crippen molar-refractivity contribution < 1.29 is 4.79 Å². The van der Waals surface area contributed by atoms with Crippen molar-refractivity contribution in [3.63, 3.8) is 0 Å². The highest BCUT2D eigenvalue weighted by Gasteiger charge is 2.28. The Hall–Kier alpha value is -2.15. The predicted octanol–water partition coefficient (Wildman–Crippen LogP) is 4.12. The van der Waals surface area contributed by atoms with E-state index < -0.39 is 0 Å². The second-order valence-electron chi connectivity index (χ2n) is 5.71. The lowest BCUT2D eigenvalue weighted by atomic mass is 9.95. The lowest BCUT2D eigenvalue weighted by Crippen LogP contribution is -1.93. The Kier molecular flexibility index (Phi) is 2.43. The van der Waals surface area contributed by atoms with Crippen LogP contribution in [0.15, 0.2) is 43.0 Å². The molecule has 0 spiro atoms. The van der Waals surface area contributed by atoms with Crippen molar-refractivity contribution in [2.75, 3.05) is 0 Å². The summed E-state index contributed by atoms with van der Waals surface area (Å²) in [5.74, 6) is 0.304. The van der Waals surface area contributed by atoms with Gasteiger partial charge in [-0.15, -0.1) is 6.58 Å². The fourth-order valence-electron chi connectivity index (χ4n) is 3.58. The fraction of sp³-hybridized carbons (Fsp3) is 0.211. The van der Waals surface area contributed by atoms with Crippen LogP contribution in [0.5, 0.6) is 0 Å². The first-order chi connectivity index (χ1) is 9.78. The van der Waals surface area contributed by atoms with E-state index in [0.29, 0.717) is 12.2 Å². The zero-order valence-electron chi connectivity index (χ0n) is 11.4. The molecule has 1 nitrogen and oxygen atoms in total. The highest BCUT2D eigenvalue weighted by molar-refractivity contribution is 6.03. The Balaban J connectivity index is 1.94. The van der Waals surface area contributed by atoms with Crippen LogP contribution in [0.1, 0.15) is 39.0 Å². The van der Waals surface area contributed by atoms with Gasteiger partial charge in [-0.2, -0.15) is 0 Å². The number of benzene rings is 2. The molecule has 2 aliphatic rings. The summed E-state index contributed by atoms with van der Waals surface area (Å²) in [6.07, 6.45) is 5.42. The molecule has 0 aromatic heterocycles. The Morgan fingerprint density at radius 2 is 1.90 bits per heavy atom. The van der Waals surface area contributed by atoms with E-state index in [0.717, 1.165) is 24.8 Å². The van der Waals surface area contributed by atoms with Crippen LogP contribution >= 0.6 is 0 Å². The summed E-state index contributed by atoms with van der Waals surface area (Å²) in [5.41, 5.74) is 8.98. The number of rotatable bonds is 2. The first-order valence-electron chi connectivity index (χ1n) is 7.19. The molecule has 4 rings (SSSR count). The fourth-order valence-corrected chi connectivity index (χ4v) is 3.58. The van der Waals surface area contributed by atoms with E-state index in [9.17, 15) is 4.79 Å². The van der Waals surface area contributed by atoms with Gasteiger partial charge in [0, 0.05) is 12.0 Å². The number of hydrogen-bond donors (Lipinski definition) is 0. The van der Waals surface area contributed by atoms with E-state index in [4.69, 9.17) is 0 Å². The van der Waals surface area contributed by atoms with Crippen LogP contribution in [0.3, 0.4) is 0 Å². The van der Waals surface area contributed by atoms with Crippen molar-refractivity contribution in [2.45, 2.75) is 25.7 Å². The Morgan fingerprint density at radius 1 is 1.05 bits per heavy atom. The summed E-state index contributed by atoms with van der Waals surface area (Å²) in [6.45, 7) is 3.82. The summed E-state index contributed by atoms with van der Waals surface area (Å²) in [6, 6.07) is 10.9. The summed E-state index contributed by atoms with van der Waals surface area (Å²) < 4.78 is 0. The third-order valence-electron chi connectivity index (χ3n) is 4.51. The summed E-state index contributed by atoms with van der Waals surface area (Å²) in [5, 5.41) is 0. The molecule has 0 saturated heterocycles. The smallest absolute Gasteiger partial charge is 0.163 e. The summed E-state index contributed by atoms with van der Waals surface area (Å²) in [4.78, 5) is 11.9. The first kappa shape index (κ1) is 11.7. The van der Waals surface area contributed by atoms with Crippen LogP contribution < -0.4 is 0 Å². The van der Waals surface area contributed by atoms with Crippen LogP contribution in [0.25, 0.3) is 11.1 Å². The van der Waals surface area contributed by atoms with Gasteiger partial charge in [-0.25, -0.2) is 0 Å². The van der Waals surface area contributed by atoms with E-state index in [1.807, 2.05) is 12.1 Å². The lowest BCUT2D eigenvalue weighted by Gasteiger charge is -2.09. The van der Waals surface area contributed by atoms with Gasteiger partial charge in [-0.3, -0.25) is 4.79 Å². The van der Waals surface area contributed by atoms with Gasteiger partial charge >= 0.3 is 0 Å². The summed E-state index contributed by atoms with van der Waals surface area (Å²) in [7, 11) is 0. The molecule has 0 amide bonds. The van der Waals surface area contributed by atoms with Gasteiger partial charge in [0.15, 0.2) is 5.78 Å². The zero-order valence-corrected chi connectivity index (χ0v) is 11.4. The number of allylic oxidation sites excluding steroid dienone is 1. The third kappa shape index (κ3) is 1.53. The molecule has 0 atom stereocenters. The van der Waals surface area contributed by atoms with Gasteiger partial charge in [-0.05, 0) is 52.6 Å². The maximum Gasteiger partial charge on any atom is 0.163 e. The van der Waals surface area contributed by atoms with Crippen molar-refractivity contribution in [3.05, 3.63) is 70.8 Å². The zero-order chi connectivity index (χ0) is 13.7.